The highest BCUT2D eigenvalue weighted by Gasteiger charge is 2.15. The van der Waals surface area contributed by atoms with E-state index in [0.717, 1.165) is 5.56 Å². The number of aryl methyl sites for hydroxylation is 1. The van der Waals surface area contributed by atoms with Gasteiger partial charge in [0.25, 0.3) is 0 Å². The summed E-state index contributed by atoms with van der Waals surface area (Å²) < 4.78 is 28.2. The van der Waals surface area contributed by atoms with Gasteiger partial charge in [-0.25, -0.2) is 9.37 Å². The summed E-state index contributed by atoms with van der Waals surface area (Å²) in [7, 11) is 1.56. The third kappa shape index (κ3) is 5.40. The van der Waals surface area contributed by atoms with E-state index >= 15 is 0 Å². The Morgan fingerprint density at radius 1 is 0.968 bits per heavy atom. The number of carbonyl (C=O) groups is 2. The van der Waals surface area contributed by atoms with Crippen LogP contribution in [0.25, 0.3) is 11.1 Å². The highest BCUT2D eigenvalue weighted by Crippen LogP contribution is 2.27. The minimum Gasteiger partial charge on any atom is -0.313 e. The molecule has 0 aliphatic rings. The van der Waals surface area contributed by atoms with E-state index in [1.165, 1.54) is 17.2 Å². The molecule has 0 fully saturated rings. The number of carbonyl (C=O) groups excluding carboxylic acids is 2. The molecular weight excluding hydrogens is 398 g/mol. The number of ketones is 1. The van der Waals surface area contributed by atoms with Crippen molar-refractivity contribution in [2.75, 3.05) is 11.9 Å². The SMILES string of the molecule is CCCC(=O)N(C)c1ccc(-c2ccc(C(=O)CCc3cccnc3F)cc2)cc1F. The first-order valence-corrected chi connectivity index (χ1v) is 10.2. The molecule has 0 radical (unpaired) electrons. The van der Waals surface area contributed by atoms with Crippen molar-refractivity contribution in [3.8, 4) is 11.1 Å². The number of aromatic nitrogens is 1. The summed E-state index contributed by atoms with van der Waals surface area (Å²) in [6, 6.07) is 14.8. The molecule has 0 saturated carbocycles. The zero-order valence-electron chi connectivity index (χ0n) is 17.6. The molecule has 0 unspecified atom stereocenters. The molecule has 2 aromatic carbocycles. The summed E-state index contributed by atoms with van der Waals surface area (Å²) in [5, 5.41) is 0. The number of halogens is 2. The predicted octanol–water partition coefficient (Wildman–Crippen LogP) is 5.61. The molecular formula is C25H24F2N2O2. The van der Waals surface area contributed by atoms with Crippen LogP contribution >= 0.6 is 0 Å². The molecule has 0 aliphatic carbocycles. The van der Waals surface area contributed by atoms with E-state index in [2.05, 4.69) is 4.98 Å². The molecule has 0 saturated heterocycles. The third-order valence-electron chi connectivity index (χ3n) is 5.14. The lowest BCUT2D eigenvalue weighted by atomic mass is 9.99. The van der Waals surface area contributed by atoms with E-state index in [4.69, 9.17) is 0 Å². The van der Waals surface area contributed by atoms with Crippen LogP contribution in [0.4, 0.5) is 14.5 Å². The molecule has 1 amide bonds. The topological polar surface area (TPSA) is 50.3 Å². The first-order chi connectivity index (χ1) is 14.9. The van der Waals surface area contributed by atoms with E-state index in [9.17, 15) is 18.4 Å². The van der Waals surface area contributed by atoms with Crippen molar-refractivity contribution in [2.24, 2.45) is 0 Å². The minimum atomic E-state index is -0.557. The van der Waals surface area contributed by atoms with Gasteiger partial charge in [-0.2, -0.15) is 4.39 Å². The molecule has 6 heteroatoms. The minimum absolute atomic E-state index is 0.104. The quantitative estimate of drug-likeness (QED) is 0.350. The average Bonchev–Trinajstić information content (AvgIpc) is 2.78. The second-order valence-corrected chi connectivity index (χ2v) is 7.32. The highest BCUT2D eigenvalue weighted by atomic mass is 19.1. The van der Waals surface area contributed by atoms with Crippen LogP contribution in [0.15, 0.2) is 60.8 Å². The normalized spacial score (nSPS) is 10.7. The Labute approximate surface area is 180 Å². The molecule has 31 heavy (non-hydrogen) atoms. The monoisotopic (exact) mass is 422 g/mol. The largest absolute Gasteiger partial charge is 0.313 e. The number of amides is 1. The van der Waals surface area contributed by atoms with Crippen LogP contribution in [0.2, 0.25) is 0 Å². The molecule has 4 nitrogen and oxygen atoms in total. The fourth-order valence-electron chi connectivity index (χ4n) is 3.32. The van der Waals surface area contributed by atoms with Gasteiger partial charge in [0.1, 0.15) is 5.82 Å². The molecule has 0 atom stereocenters. The van der Waals surface area contributed by atoms with Gasteiger partial charge in [0, 0.05) is 37.2 Å². The second kappa shape index (κ2) is 10.1. The fraction of sp³-hybridized carbons (Fsp3) is 0.240. The molecule has 3 aromatic rings. The summed E-state index contributed by atoms with van der Waals surface area (Å²) >= 11 is 0. The third-order valence-corrected chi connectivity index (χ3v) is 5.14. The smallest absolute Gasteiger partial charge is 0.226 e. The Hall–Kier alpha value is -3.41. The van der Waals surface area contributed by atoms with E-state index in [-0.39, 0.29) is 30.2 Å². The number of hydrogen-bond acceptors (Lipinski definition) is 3. The van der Waals surface area contributed by atoms with Gasteiger partial charge in [-0.1, -0.05) is 43.3 Å². The van der Waals surface area contributed by atoms with Gasteiger partial charge in [-0.3, -0.25) is 9.59 Å². The van der Waals surface area contributed by atoms with Gasteiger partial charge >= 0.3 is 0 Å². The fourth-order valence-corrected chi connectivity index (χ4v) is 3.32. The van der Waals surface area contributed by atoms with Gasteiger partial charge < -0.3 is 4.90 Å². The number of rotatable bonds is 8. The standard InChI is InChI=1S/C25H24F2N2O2/c1-3-5-24(31)29(2)22-13-11-20(16-21(22)26)17-7-9-18(10-8-17)23(30)14-12-19-6-4-15-28-25(19)27/h4,6-11,13,15-16H,3,5,12,14H2,1-2H3. The first-order valence-electron chi connectivity index (χ1n) is 10.2. The van der Waals surface area contributed by atoms with Gasteiger partial charge in [-0.15, -0.1) is 0 Å². The lowest BCUT2D eigenvalue weighted by Gasteiger charge is -2.18. The van der Waals surface area contributed by atoms with E-state index in [0.29, 0.717) is 29.5 Å². The van der Waals surface area contributed by atoms with Crippen molar-refractivity contribution in [1.82, 2.24) is 4.98 Å². The molecule has 0 bridgehead atoms. The average molecular weight is 422 g/mol. The number of anilines is 1. The van der Waals surface area contributed by atoms with Crippen molar-refractivity contribution in [3.05, 3.63) is 83.7 Å². The molecule has 160 valence electrons. The van der Waals surface area contributed by atoms with Crippen LogP contribution in [0.1, 0.15) is 42.1 Å². The van der Waals surface area contributed by atoms with Crippen LogP contribution in [-0.4, -0.2) is 23.7 Å². The molecule has 3 rings (SSSR count). The van der Waals surface area contributed by atoms with Crippen LogP contribution in [0.5, 0.6) is 0 Å². The van der Waals surface area contributed by atoms with E-state index in [1.54, 1.807) is 55.6 Å². The Morgan fingerprint density at radius 2 is 1.68 bits per heavy atom. The number of pyridine rings is 1. The van der Waals surface area contributed by atoms with E-state index < -0.39 is 11.8 Å². The Morgan fingerprint density at radius 3 is 2.32 bits per heavy atom. The summed E-state index contributed by atoms with van der Waals surface area (Å²) in [5.74, 6) is -1.28. The summed E-state index contributed by atoms with van der Waals surface area (Å²) in [5.41, 5.74) is 2.55. The lowest BCUT2D eigenvalue weighted by molar-refractivity contribution is -0.118. The van der Waals surface area contributed by atoms with Crippen LogP contribution in [0.3, 0.4) is 0 Å². The molecule has 0 spiro atoms. The second-order valence-electron chi connectivity index (χ2n) is 7.32. The van der Waals surface area contributed by atoms with Crippen LogP contribution in [0, 0.1) is 11.8 Å². The number of nitrogens with zero attached hydrogens (tertiary/aromatic N) is 2. The first kappa shape index (κ1) is 22.3. The molecule has 1 heterocycles. The molecule has 0 N–H and O–H groups in total. The summed E-state index contributed by atoms with van der Waals surface area (Å²) in [6.45, 7) is 1.90. The van der Waals surface area contributed by atoms with Gasteiger partial charge in [0.05, 0.1) is 5.69 Å². The van der Waals surface area contributed by atoms with Crippen molar-refractivity contribution in [3.63, 3.8) is 0 Å². The van der Waals surface area contributed by atoms with E-state index in [1.807, 2.05) is 6.92 Å². The number of hydrogen-bond donors (Lipinski definition) is 0. The van der Waals surface area contributed by atoms with Crippen molar-refractivity contribution >= 4 is 17.4 Å². The Balaban J connectivity index is 1.69. The van der Waals surface area contributed by atoms with Gasteiger partial charge in [0.15, 0.2) is 5.78 Å². The predicted molar refractivity (Wildman–Crippen MR) is 117 cm³/mol. The molecule has 0 aliphatic heterocycles. The Bertz CT molecular complexity index is 1080. The summed E-state index contributed by atoms with van der Waals surface area (Å²) in [6.07, 6.45) is 2.88. The van der Waals surface area contributed by atoms with Crippen molar-refractivity contribution in [1.29, 1.82) is 0 Å². The maximum absolute atomic E-state index is 14.6. The van der Waals surface area contributed by atoms with Gasteiger partial charge in [0.2, 0.25) is 11.9 Å². The van der Waals surface area contributed by atoms with Crippen LogP contribution in [-0.2, 0) is 11.2 Å². The summed E-state index contributed by atoms with van der Waals surface area (Å²) in [4.78, 5) is 29.4. The van der Waals surface area contributed by atoms with Crippen molar-refractivity contribution in [2.45, 2.75) is 32.6 Å². The molecule has 1 aromatic heterocycles. The zero-order valence-corrected chi connectivity index (χ0v) is 17.6. The van der Waals surface area contributed by atoms with Crippen LogP contribution < -0.4 is 4.90 Å². The highest BCUT2D eigenvalue weighted by molar-refractivity contribution is 5.96. The lowest BCUT2D eigenvalue weighted by Crippen LogP contribution is -2.26. The zero-order chi connectivity index (χ0) is 22.4. The Kier molecular flexibility index (Phi) is 7.23. The van der Waals surface area contributed by atoms with Gasteiger partial charge in [-0.05, 0) is 42.2 Å². The maximum Gasteiger partial charge on any atom is 0.226 e. The number of benzene rings is 2. The number of Topliss-reactive ketones (excluding diaryl/α,β-unsaturated/α-hetero) is 1. The van der Waals surface area contributed by atoms with Crippen molar-refractivity contribution < 1.29 is 18.4 Å². The maximum atomic E-state index is 14.6.